The molecule has 0 saturated heterocycles. The van der Waals surface area contributed by atoms with Crippen LogP contribution in [-0.4, -0.2) is 52.6 Å². The minimum atomic E-state index is -0.650. The smallest absolute Gasteiger partial charge is 0.348 e. The quantitative estimate of drug-likeness (QED) is 0.261. The molecule has 0 aromatic carbocycles. The molecule has 0 aliphatic carbocycles. The van der Waals surface area contributed by atoms with Crippen molar-refractivity contribution in [3.05, 3.63) is 45.0 Å². The predicted octanol–water partition coefficient (Wildman–Crippen LogP) is 4.17. The third-order valence-electron chi connectivity index (χ3n) is 4.51. The van der Waals surface area contributed by atoms with Gasteiger partial charge in [-0.05, 0) is 25.5 Å². The third-order valence-corrected chi connectivity index (χ3v) is 7.53. The van der Waals surface area contributed by atoms with Crippen molar-refractivity contribution in [3.63, 3.8) is 0 Å². The summed E-state index contributed by atoms with van der Waals surface area (Å²) in [5, 5.41) is 14.0. The molecule has 3 aromatic rings. The lowest BCUT2D eigenvalue weighted by Gasteiger charge is -2.08. The highest BCUT2D eigenvalue weighted by Gasteiger charge is 2.27. The van der Waals surface area contributed by atoms with Gasteiger partial charge in [0.05, 0.1) is 25.5 Å². The Labute approximate surface area is 202 Å². The van der Waals surface area contributed by atoms with Gasteiger partial charge in [-0.2, -0.15) is 0 Å². The van der Waals surface area contributed by atoms with Crippen LogP contribution in [0.1, 0.15) is 30.5 Å². The normalized spacial score (nSPS) is 10.7. The molecule has 12 heteroatoms. The van der Waals surface area contributed by atoms with Gasteiger partial charge in [0.25, 0.3) is 0 Å². The van der Waals surface area contributed by atoms with Crippen molar-refractivity contribution in [2.45, 2.75) is 25.5 Å². The molecular formula is C21H22N4O5S3. The number of anilines is 1. The zero-order valence-corrected chi connectivity index (χ0v) is 20.9. The largest absolute Gasteiger partial charge is 0.465 e. The molecule has 0 aliphatic heterocycles. The number of aryl methyl sites for hydroxylation is 1. The molecule has 3 aromatic heterocycles. The fraction of sp³-hybridized carbons (Fsp3) is 0.286. The number of hydrogen-bond acceptors (Lipinski definition) is 10. The number of methoxy groups -OCH3 is 2. The predicted molar refractivity (Wildman–Crippen MR) is 129 cm³/mol. The molecule has 3 heterocycles. The monoisotopic (exact) mass is 506 g/mol. The van der Waals surface area contributed by atoms with Crippen molar-refractivity contribution in [2.75, 3.05) is 25.3 Å². The fourth-order valence-electron chi connectivity index (χ4n) is 2.99. The average molecular weight is 507 g/mol. The number of nitrogens with zero attached hydrogens (tertiary/aromatic N) is 3. The molecule has 0 radical (unpaired) electrons. The van der Waals surface area contributed by atoms with Gasteiger partial charge in [-0.25, -0.2) is 9.59 Å². The number of allylic oxidation sites excluding steroid dienone is 1. The van der Waals surface area contributed by atoms with Gasteiger partial charge in [0.2, 0.25) is 5.91 Å². The fourth-order valence-corrected chi connectivity index (χ4v) is 5.55. The van der Waals surface area contributed by atoms with Crippen molar-refractivity contribution in [2.24, 2.45) is 0 Å². The second-order valence-electron chi connectivity index (χ2n) is 6.73. The molecular weight excluding hydrogens is 484 g/mol. The SMILES string of the molecule is C=CCn1c(SCC(=O)Nc2sc(C(=O)OC)c(C)c2C(=O)OC)nnc1-c1csc(C)c1. The van der Waals surface area contributed by atoms with Crippen LogP contribution in [0.4, 0.5) is 5.00 Å². The van der Waals surface area contributed by atoms with Gasteiger partial charge in [-0.1, -0.05) is 17.8 Å². The van der Waals surface area contributed by atoms with Crippen LogP contribution in [-0.2, 0) is 20.8 Å². The standard InChI is InChI=1S/C21H22N4O5S3/c1-6-7-25-17(13-8-11(2)31-9-13)23-24-21(25)32-10-14(26)22-18-15(19(27)29-4)12(3)16(33-18)20(28)30-5/h6,8-9H,1,7,10H2,2-5H3,(H,22,26). The molecule has 174 valence electrons. The molecule has 0 bridgehead atoms. The molecule has 1 N–H and O–H groups in total. The Bertz CT molecular complexity index is 1210. The van der Waals surface area contributed by atoms with Crippen molar-refractivity contribution in [1.82, 2.24) is 14.8 Å². The molecule has 0 unspecified atom stereocenters. The van der Waals surface area contributed by atoms with Gasteiger partial charge in [0, 0.05) is 22.4 Å². The van der Waals surface area contributed by atoms with Crippen LogP contribution in [0.15, 0.2) is 29.3 Å². The average Bonchev–Trinajstić information content (AvgIpc) is 3.49. The lowest BCUT2D eigenvalue weighted by atomic mass is 10.1. The van der Waals surface area contributed by atoms with Crippen LogP contribution in [0.5, 0.6) is 0 Å². The van der Waals surface area contributed by atoms with Crippen molar-refractivity contribution >= 4 is 57.3 Å². The van der Waals surface area contributed by atoms with Crippen molar-refractivity contribution < 1.29 is 23.9 Å². The zero-order valence-electron chi connectivity index (χ0n) is 18.5. The Kier molecular flexibility index (Phi) is 8.06. The summed E-state index contributed by atoms with van der Waals surface area (Å²) in [6, 6.07) is 2.03. The Morgan fingerprint density at radius 1 is 1.21 bits per heavy atom. The number of esters is 2. The number of ether oxygens (including phenoxy) is 2. The van der Waals surface area contributed by atoms with Crippen molar-refractivity contribution in [1.29, 1.82) is 0 Å². The third kappa shape index (κ3) is 5.34. The molecule has 3 rings (SSSR count). The minimum Gasteiger partial charge on any atom is -0.465 e. The molecule has 33 heavy (non-hydrogen) atoms. The highest BCUT2D eigenvalue weighted by Crippen LogP contribution is 2.34. The first-order valence-electron chi connectivity index (χ1n) is 9.62. The topological polar surface area (TPSA) is 112 Å². The summed E-state index contributed by atoms with van der Waals surface area (Å²) in [6.07, 6.45) is 1.74. The number of carbonyl (C=O) groups is 3. The summed E-state index contributed by atoms with van der Waals surface area (Å²) in [6.45, 7) is 7.90. The van der Waals surface area contributed by atoms with Gasteiger partial charge in [0.1, 0.15) is 9.88 Å². The molecule has 1 amide bonds. The van der Waals surface area contributed by atoms with Crippen LogP contribution in [0.25, 0.3) is 11.4 Å². The molecule has 0 aliphatic rings. The van der Waals surface area contributed by atoms with E-state index < -0.39 is 11.9 Å². The molecule has 0 atom stereocenters. The number of thioether (sulfide) groups is 1. The summed E-state index contributed by atoms with van der Waals surface area (Å²) < 4.78 is 11.5. The summed E-state index contributed by atoms with van der Waals surface area (Å²) in [5.74, 6) is -0.895. The number of amides is 1. The first-order chi connectivity index (χ1) is 15.8. The van der Waals surface area contributed by atoms with Crippen LogP contribution >= 0.6 is 34.4 Å². The van der Waals surface area contributed by atoms with E-state index in [1.807, 2.05) is 22.9 Å². The maximum atomic E-state index is 12.7. The highest BCUT2D eigenvalue weighted by atomic mass is 32.2. The molecule has 0 fully saturated rings. The van der Waals surface area contributed by atoms with E-state index in [9.17, 15) is 14.4 Å². The number of carbonyl (C=O) groups excluding carboxylic acids is 3. The Balaban J connectivity index is 1.79. The summed E-state index contributed by atoms with van der Waals surface area (Å²) >= 11 is 3.79. The van der Waals surface area contributed by atoms with Crippen LogP contribution in [0.2, 0.25) is 0 Å². The first-order valence-corrected chi connectivity index (χ1v) is 12.3. The second-order valence-corrected chi connectivity index (χ2v) is 9.81. The van der Waals surface area contributed by atoms with E-state index in [0.717, 1.165) is 21.8 Å². The lowest BCUT2D eigenvalue weighted by Crippen LogP contribution is -2.16. The Morgan fingerprint density at radius 3 is 2.55 bits per heavy atom. The van der Waals surface area contributed by atoms with E-state index in [1.54, 1.807) is 24.3 Å². The van der Waals surface area contributed by atoms with Crippen LogP contribution < -0.4 is 5.32 Å². The minimum absolute atomic E-state index is 0.0169. The Hall–Kier alpha value is -2.96. The zero-order chi connectivity index (χ0) is 24.1. The molecule has 0 saturated carbocycles. The van der Waals surface area contributed by atoms with Crippen LogP contribution in [0, 0.1) is 13.8 Å². The van der Waals surface area contributed by atoms with Crippen molar-refractivity contribution in [3.8, 4) is 11.4 Å². The van der Waals surface area contributed by atoms with Gasteiger partial charge < -0.3 is 14.8 Å². The van der Waals surface area contributed by atoms with Gasteiger partial charge in [0.15, 0.2) is 11.0 Å². The second kappa shape index (κ2) is 10.8. The molecule has 9 nitrogen and oxygen atoms in total. The summed E-state index contributed by atoms with van der Waals surface area (Å²) in [7, 11) is 2.48. The van der Waals surface area contributed by atoms with Crippen LogP contribution in [0.3, 0.4) is 0 Å². The van der Waals surface area contributed by atoms with Gasteiger partial charge in [-0.3, -0.25) is 9.36 Å². The van der Waals surface area contributed by atoms with Gasteiger partial charge in [-0.15, -0.1) is 39.4 Å². The maximum absolute atomic E-state index is 12.7. The van der Waals surface area contributed by atoms with Gasteiger partial charge >= 0.3 is 11.9 Å². The number of hydrogen-bond donors (Lipinski definition) is 1. The number of rotatable bonds is 9. The highest BCUT2D eigenvalue weighted by molar-refractivity contribution is 7.99. The van der Waals surface area contributed by atoms with E-state index in [2.05, 4.69) is 22.1 Å². The van der Waals surface area contributed by atoms with E-state index >= 15 is 0 Å². The van der Waals surface area contributed by atoms with E-state index in [-0.39, 0.29) is 27.1 Å². The lowest BCUT2D eigenvalue weighted by molar-refractivity contribution is -0.113. The number of thiophene rings is 2. The summed E-state index contributed by atoms with van der Waals surface area (Å²) in [4.78, 5) is 38.3. The van der Waals surface area contributed by atoms with E-state index in [4.69, 9.17) is 9.47 Å². The Morgan fingerprint density at radius 2 is 1.94 bits per heavy atom. The summed E-state index contributed by atoms with van der Waals surface area (Å²) in [5.41, 5.74) is 1.48. The number of nitrogens with one attached hydrogen (secondary N) is 1. The first kappa shape index (κ1) is 24.7. The number of aromatic nitrogens is 3. The maximum Gasteiger partial charge on any atom is 0.348 e. The van der Waals surface area contributed by atoms with E-state index in [0.29, 0.717) is 23.1 Å². The molecule has 0 spiro atoms. The van der Waals surface area contributed by atoms with E-state index in [1.165, 1.54) is 26.0 Å².